The fourth-order valence-electron chi connectivity index (χ4n) is 1.83. The summed E-state index contributed by atoms with van der Waals surface area (Å²) in [5.74, 6) is 0.772. The summed E-state index contributed by atoms with van der Waals surface area (Å²) in [6.45, 7) is 6.61. The van der Waals surface area contributed by atoms with E-state index < -0.39 is 0 Å². The van der Waals surface area contributed by atoms with E-state index >= 15 is 0 Å². The molecule has 0 spiro atoms. The Morgan fingerprint density at radius 3 is 2.50 bits per heavy atom. The standard InChI is InChI=1S/C14H22BrN/c1-10(2)5-4-6-14(16)12-8-7-11(3)9-13(12)15/h7-10,14H,4-6,16H2,1-3H3. The molecule has 1 nitrogen and oxygen atoms in total. The molecule has 0 aliphatic rings. The highest BCUT2D eigenvalue weighted by Gasteiger charge is 2.09. The van der Waals surface area contributed by atoms with Crippen molar-refractivity contribution >= 4 is 15.9 Å². The quantitative estimate of drug-likeness (QED) is 0.841. The van der Waals surface area contributed by atoms with Crippen LogP contribution in [-0.2, 0) is 0 Å². The molecule has 0 saturated heterocycles. The van der Waals surface area contributed by atoms with Gasteiger partial charge in [0.05, 0.1) is 0 Å². The molecule has 1 atom stereocenters. The van der Waals surface area contributed by atoms with Crippen LogP contribution in [-0.4, -0.2) is 0 Å². The van der Waals surface area contributed by atoms with E-state index in [2.05, 4.69) is 54.9 Å². The van der Waals surface area contributed by atoms with Crippen LogP contribution in [0.15, 0.2) is 22.7 Å². The van der Waals surface area contributed by atoms with E-state index in [-0.39, 0.29) is 6.04 Å². The van der Waals surface area contributed by atoms with Crippen LogP contribution >= 0.6 is 15.9 Å². The lowest BCUT2D eigenvalue weighted by Gasteiger charge is -2.15. The number of hydrogen-bond acceptors (Lipinski definition) is 1. The largest absolute Gasteiger partial charge is 0.324 e. The van der Waals surface area contributed by atoms with Crippen LogP contribution in [0.25, 0.3) is 0 Å². The maximum atomic E-state index is 6.20. The third-order valence-electron chi connectivity index (χ3n) is 2.85. The Morgan fingerprint density at radius 1 is 1.25 bits per heavy atom. The molecular weight excluding hydrogens is 262 g/mol. The van der Waals surface area contributed by atoms with Gasteiger partial charge in [-0.25, -0.2) is 0 Å². The topological polar surface area (TPSA) is 26.0 Å². The molecule has 0 radical (unpaired) electrons. The van der Waals surface area contributed by atoms with Crippen LogP contribution in [0, 0.1) is 12.8 Å². The second-order valence-electron chi connectivity index (χ2n) is 4.96. The molecule has 0 aromatic heterocycles. The van der Waals surface area contributed by atoms with Gasteiger partial charge in [-0.15, -0.1) is 0 Å². The van der Waals surface area contributed by atoms with Gasteiger partial charge in [0.25, 0.3) is 0 Å². The van der Waals surface area contributed by atoms with Crippen LogP contribution in [0.1, 0.15) is 50.3 Å². The summed E-state index contributed by atoms with van der Waals surface area (Å²) in [4.78, 5) is 0. The second-order valence-corrected chi connectivity index (χ2v) is 5.81. The van der Waals surface area contributed by atoms with Crippen LogP contribution in [0.5, 0.6) is 0 Å². The molecule has 0 aliphatic carbocycles. The van der Waals surface area contributed by atoms with Gasteiger partial charge in [-0.1, -0.05) is 54.8 Å². The van der Waals surface area contributed by atoms with Crippen molar-refractivity contribution in [3.63, 3.8) is 0 Å². The monoisotopic (exact) mass is 283 g/mol. The van der Waals surface area contributed by atoms with Crippen molar-refractivity contribution in [1.82, 2.24) is 0 Å². The molecule has 0 aliphatic heterocycles. The summed E-state index contributed by atoms with van der Waals surface area (Å²) in [7, 11) is 0. The van der Waals surface area contributed by atoms with E-state index in [1.54, 1.807) is 0 Å². The zero-order valence-electron chi connectivity index (χ0n) is 10.5. The summed E-state index contributed by atoms with van der Waals surface area (Å²) in [5, 5.41) is 0. The first kappa shape index (κ1) is 13.7. The Kier molecular flexibility index (Phi) is 5.50. The van der Waals surface area contributed by atoms with Gasteiger partial charge in [0.1, 0.15) is 0 Å². The summed E-state index contributed by atoms with van der Waals surface area (Å²) < 4.78 is 1.14. The van der Waals surface area contributed by atoms with Gasteiger partial charge in [0.15, 0.2) is 0 Å². The molecule has 0 saturated carbocycles. The van der Waals surface area contributed by atoms with Gasteiger partial charge >= 0.3 is 0 Å². The van der Waals surface area contributed by atoms with Gasteiger partial charge in [-0.2, -0.15) is 0 Å². The maximum absolute atomic E-state index is 6.20. The highest BCUT2D eigenvalue weighted by Crippen LogP contribution is 2.26. The van der Waals surface area contributed by atoms with Crippen molar-refractivity contribution in [2.75, 3.05) is 0 Å². The summed E-state index contributed by atoms with van der Waals surface area (Å²) >= 11 is 3.59. The fraction of sp³-hybridized carbons (Fsp3) is 0.571. The predicted molar refractivity (Wildman–Crippen MR) is 74.5 cm³/mol. The third kappa shape index (κ3) is 4.26. The lowest BCUT2D eigenvalue weighted by molar-refractivity contribution is 0.505. The van der Waals surface area contributed by atoms with E-state index in [0.29, 0.717) is 0 Å². The van der Waals surface area contributed by atoms with Crippen LogP contribution in [0.4, 0.5) is 0 Å². The molecule has 2 heteroatoms. The number of benzene rings is 1. The Balaban J connectivity index is 2.55. The maximum Gasteiger partial charge on any atom is 0.0306 e. The van der Waals surface area contributed by atoms with Gasteiger partial charge in [0.2, 0.25) is 0 Å². The molecule has 1 rings (SSSR count). The molecule has 0 fully saturated rings. The molecule has 1 unspecified atom stereocenters. The highest BCUT2D eigenvalue weighted by atomic mass is 79.9. The SMILES string of the molecule is Cc1ccc(C(N)CCCC(C)C)c(Br)c1. The van der Waals surface area contributed by atoms with Crippen molar-refractivity contribution in [1.29, 1.82) is 0 Å². The van der Waals surface area contributed by atoms with Crippen molar-refractivity contribution < 1.29 is 0 Å². The van der Waals surface area contributed by atoms with Crippen molar-refractivity contribution in [3.05, 3.63) is 33.8 Å². The van der Waals surface area contributed by atoms with Crippen LogP contribution < -0.4 is 5.73 Å². The number of nitrogens with two attached hydrogens (primary N) is 1. The van der Waals surface area contributed by atoms with E-state index in [4.69, 9.17) is 5.73 Å². The van der Waals surface area contributed by atoms with Crippen molar-refractivity contribution in [2.45, 2.75) is 46.1 Å². The molecule has 1 aromatic carbocycles. The minimum Gasteiger partial charge on any atom is -0.324 e. The Bertz CT molecular complexity index is 334. The predicted octanol–water partition coefficient (Wildman–Crippen LogP) is 4.58. The molecular formula is C14H22BrN. The van der Waals surface area contributed by atoms with Crippen molar-refractivity contribution in [2.24, 2.45) is 11.7 Å². The van der Waals surface area contributed by atoms with Gasteiger partial charge in [-0.05, 0) is 36.5 Å². The first-order chi connectivity index (χ1) is 7.50. The second kappa shape index (κ2) is 6.41. The minimum atomic E-state index is 0.161. The number of hydrogen-bond donors (Lipinski definition) is 1. The molecule has 90 valence electrons. The average molecular weight is 284 g/mol. The van der Waals surface area contributed by atoms with Gasteiger partial charge in [-0.3, -0.25) is 0 Å². The number of aryl methyl sites for hydroxylation is 1. The van der Waals surface area contributed by atoms with E-state index in [0.717, 1.165) is 16.8 Å². The van der Waals surface area contributed by atoms with Crippen LogP contribution in [0.3, 0.4) is 0 Å². The zero-order valence-corrected chi connectivity index (χ0v) is 12.0. The Hall–Kier alpha value is -0.340. The highest BCUT2D eigenvalue weighted by molar-refractivity contribution is 9.10. The number of halogens is 1. The average Bonchev–Trinajstić information content (AvgIpc) is 2.16. The first-order valence-corrected chi connectivity index (χ1v) is 6.81. The van der Waals surface area contributed by atoms with E-state index in [1.165, 1.54) is 24.0 Å². The minimum absolute atomic E-state index is 0.161. The van der Waals surface area contributed by atoms with Crippen molar-refractivity contribution in [3.8, 4) is 0 Å². The van der Waals surface area contributed by atoms with Gasteiger partial charge in [0, 0.05) is 10.5 Å². The lowest BCUT2D eigenvalue weighted by atomic mass is 9.98. The smallest absolute Gasteiger partial charge is 0.0306 e. The summed E-state index contributed by atoms with van der Waals surface area (Å²) in [5.41, 5.74) is 8.70. The normalized spacial score (nSPS) is 13.1. The van der Waals surface area contributed by atoms with E-state index in [1.807, 2.05) is 0 Å². The molecule has 0 amide bonds. The molecule has 0 heterocycles. The molecule has 0 bridgehead atoms. The Labute approximate surface area is 108 Å². The lowest BCUT2D eigenvalue weighted by Crippen LogP contribution is -2.11. The molecule has 16 heavy (non-hydrogen) atoms. The summed E-state index contributed by atoms with van der Waals surface area (Å²) in [6.07, 6.45) is 3.54. The zero-order chi connectivity index (χ0) is 12.1. The number of rotatable bonds is 5. The molecule has 1 aromatic rings. The summed E-state index contributed by atoms with van der Waals surface area (Å²) in [6, 6.07) is 6.56. The van der Waals surface area contributed by atoms with Gasteiger partial charge < -0.3 is 5.73 Å². The third-order valence-corrected chi connectivity index (χ3v) is 3.54. The fourth-order valence-corrected chi connectivity index (χ4v) is 2.62. The Morgan fingerprint density at radius 2 is 1.94 bits per heavy atom. The van der Waals surface area contributed by atoms with Crippen LogP contribution in [0.2, 0.25) is 0 Å². The first-order valence-electron chi connectivity index (χ1n) is 6.02. The van der Waals surface area contributed by atoms with E-state index in [9.17, 15) is 0 Å². The molecule has 2 N–H and O–H groups in total.